The van der Waals surface area contributed by atoms with Crippen molar-refractivity contribution in [2.75, 3.05) is 13.7 Å². The molecule has 1 rings (SSSR count). The summed E-state index contributed by atoms with van der Waals surface area (Å²) in [4.78, 5) is 23.0. The Labute approximate surface area is 140 Å². The van der Waals surface area contributed by atoms with Crippen molar-refractivity contribution in [1.29, 1.82) is 0 Å². The van der Waals surface area contributed by atoms with Gasteiger partial charge in [0.1, 0.15) is 6.04 Å². The van der Waals surface area contributed by atoms with Gasteiger partial charge in [0, 0.05) is 13.5 Å². The van der Waals surface area contributed by atoms with Crippen LogP contribution in [-0.4, -0.2) is 38.1 Å². The Morgan fingerprint density at radius 1 is 1.36 bits per heavy atom. The summed E-state index contributed by atoms with van der Waals surface area (Å²) in [5, 5.41) is 6.24. The predicted molar refractivity (Wildman–Crippen MR) is 87.3 cm³/mol. The molecule has 0 aliphatic carbocycles. The normalized spacial score (nSPS) is 13.3. The van der Waals surface area contributed by atoms with Crippen molar-refractivity contribution in [1.82, 2.24) is 10.6 Å². The second kappa shape index (κ2) is 9.66. The van der Waals surface area contributed by atoms with E-state index >= 15 is 0 Å². The van der Waals surface area contributed by atoms with Gasteiger partial charge in [-0.3, -0.25) is 9.59 Å². The monoisotopic (exact) mass is 346 g/mol. The highest BCUT2D eigenvalue weighted by molar-refractivity contribution is 6.42. The fourth-order valence-corrected chi connectivity index (χ4v) is 2.30. The van der Waals surface area contributed by atoms with Gasteiger partial charge in [-0.15, -0.1) is 0 Å². The number of methoxy groups -OCH3 is 1. The number of carbonyl (C=O) groups excluding carboxylic acids is 2. The summed E-state index contributed by atoms with van der Waals surface area (Å²) in [5.41, 5.74) is 0.809. The number of hydrogen-bond acceptors (Lipinski definition) is 3. The highest BCUT2D eigenvalue weighted by atomic mass is 35.5. The minimum absolute atomic E-state index is 0.0951. The first kappa shape index (κ1) is 18.7. The van der Waals surface area contributed by atoms with Gasteiger partial charge >= 0.3 is 0 Å². The standard InChI is InChI=1S/C15H20Cl2N2O3/c1-3-11(8-22-2)19-15(21)14(18-9-20)7-10-4-5-12(16)13(17)6-10/h4-6,9,11,14H,3,7-8H2,1-2H3,(H,18,20)(H,19,21)/t11-,14-/m1/s1. The van der Waals surface area contributed by atoms with Crippen LogP contribution in [0.1, 0.15) is 18.9 Å². The van der Waals surface area contributed by atoms with Gasteiger partial charge in [-0.2, -0.15) is 0 Å². The number of carbonyl (C=O) groups is 2. The summed E-state index contributed by atoms with van der Waals surface area (Å²) < 4.78 is 5.05. The number of amides is 2. The van der Waals surface area contributed by atoms with Crippen LogP contribution in [0, 0.1) is 0 Å². The zero-order valence-electron chi connectivity index (χ0n) is 12.6. The summed E-state index contributed by atoms with van der Waals surface area (Å²) in [6, 6.07) is 4.34. The second-order valence-corrected chi connectivity index (χ2v) is 5.67. The number of benzene rings is 1. The molecule has 2 N–H and O–H groups in total. The molecule has 0 fully saturated rings. The summed E-state index contributed by atoms with van der Waals surface area (Å²) in [6.07, 6.45) is 1.57. The van der Waals surface area contributed by atoms with E-state index in [4.69, 9.17) is 27.9 Å². The molecular weight excluding hydrogens is 327 g/mol. The third-order valence-corrected chi connectivity index (χ3v) is 3.96. The Morgan fingerprint density at radius 3 is 2.64 bits per heavy atom. The molecule has 0 unspecified atom stereocenters. The lowest BCUT2D eigenvalue weighted by atomic mass is 10.0. The first-order valence-corrected chi connectivity index (χ1v) is 7.70. The summed E-state index contributed by atoms with van der Waals surface area (Å²) in [6.45, 7) is 2.37. The first-order valence-electron chi connectivity index (χ1n) is 6.94. The number of rotatable bonds is 9. The third-order valence-electron chi connectivity index (χ3n) is 3.22. The van der Waals surface area contributed by atoms with Crippen LogP contribution in [0.4, 0.5) is 0 Å². The number of ether oxygens (including phenoxy) is 1. The maximum atomic E-state index is 12.3. The largest absolute Gasteiger partial charge is 0.383 e. The Kier molecular flexibility index (Phi) is 8.24. The summed E-state index contributed by atoms with van der Waals surface area (Å²) in [5.74, 6) is -0.262. The smallest absolute Gasteiger partial charge is 0.243 e. The molecule has 0 aliphatic heterocycles. The average Bonchev–Trinajstić information content (AvgIpc) is 2.49. The van der Waals surface area contributed by atoms with E-state index in [0.29, 0.717) is 29.5 Å². The Balaban J connectivity index is 2.76. The molecule has 0 saturated heterocycles. The Bertz CT molecular complexity index is 512. The van der Waals surface area contributed by atoms with E-state index in [0.717, 1.165) is 12.0 Å². The van der Waals surface area contributed by atoms with Crippen molar-refractivity contribution >= 4 is 35.5 Å². The van der Waals surface area contributed by atoms with E-state index in [2.05, 4.69) is 10.6 Å². The molecular formula is C15H20Cl2N2O3. The molecule has 0 bridgehead atoms. The molecule has 122 valence electrons. The molecule has 0 aliphatic rings. The van der Waals surface area contributed by atoms with E-state index < -0.39 is 6.04 Å². The van der Waals surface area contributed by atoms with E-state index in [1.807, 2.05) is 6.92 Å². The van der Waals surface area contributed by atoms with Gasteiger partial charge in [0.25, 0.3) is 0 Å². The molecule has 0 aromatic heterocycles. The van der Waals surface area contributed by atoms with Crippen LogP contribution in [0.3, 0.4) is 0 Å². The quantitative estimate of drug-likeness (QED) is 0.673. The molecule has 22 heavy (non-hydrogen) atoms. The van der Waals surface area contributed by atoms with Gasteiger partial charge in [0.05, 0.1) is 22.7 Å². The molecule has 0 spiro atoms. The van der Waals surface area contributed by atoms with E-state index in [-0.39, 0.29) is 11.9 Å². The van der Waals surface area contributed by atoms with Crippen molar-refractivity contribution in [2.45, 2.75) is 31.8 Å². The van der Waals surface area contributed by atoms with E-state index in [1.165, 1.54) is 0 Å². The number of nitrogens with one attached hydrogen (secondary N) is 2. The van der Waals surface area contributed by atoms with Crippen molar-refractivity contribution in [2.24, 2.45) is 0 Å². The minimum atomic E-state index is -0.680. The van der Waals surface area contributed by atoms with Gasteiger partial charge in [-0.05, 0) is 24.1 Å². The van der Waals surface area contributed by atoms with Gasteiger partial charge in [-0.1, -0.05) is 36.2 Å². The third kappa shape index (κ3) is 5.83. The van der Waals surface area contributed by atoms with Crippen LogP contribution in [0.5, 0.6) is 0 Å². The molecule has 1 aromatic carbocycles. The van der Waals surface area contributed by atoms with Crippen LogP contribution >= 0.6 is 23.2 Å². The van der Waals surface area contributed by atoms with Crippen molar-refractivity contribution in [3.63, 3.8) is 0 Å². The Morgan fingerprint density at radius 2 is 2.09 bits per heavy atom. The second-order valence-electron chi connectivity index (χ2n) is 4.86. The SMILES string of the molecule is CC[C@H](COC)NC(=O)[C@@H](Cc1ccc(Cl)c(Cl)c1)NC=O. The molecule has 1 aromatic rings. The van der Waals surface area contributed by atoms with Gasteiger partial charge < -0.3 is 15.4 Å². The van der Waals surface area contributed by atoms with Crippen LogP contribution in [-0.2, 0) is 20.7 Å². The van der Waals surface area contributed by atoms with Crippen molar-refractivity contribution < 1.29 is 14.3 Å². The predicted octanol–water partition coefficient (Wildman–Crippen LogP) is 2.19. The van der Waals surface area contributed by atoms with Crippen LogP contribution in [0.25, 0.3) is 0 Å². The molecule has 5 nitrogen and oxygen atoms in total. The van der Waals surface area contributed by atoms with Gasteiger partial charge in [0.2, 0.25) is 12.3 Å². The zero-order valence-corrected chi connectivity index (χ0v) is 14.1. The van der Waals surface area contributed by atoms with Gasteiger partial charge in [0.15, 0.2) is 0 Å². The summed E-state index contributed by atoms with van der Waals surface area (Å²) in [7, 11) is 1.58. The fraction of sp³-hybridized carbons (Fsp3) is 0.467. The summed E-state index contributed by atoms with van der Waals surface area (Å²) >= 11 is 11.8. The van der Waals surface area contributed by atoms with Crippen LogP contribution < -0.4 is 10.6 Å². The van der Waals surface area contributed by atoms with E-state index in [9.17, 15) is 9.59 Å². The van der Waals surface area contributed by atoms with Gasteiger partial charge in [-0.25, -0.2) is 0 Å². The molecule has 0 saturated carbocycles. The molecule has 7 heteroatoms. The lowest BCUT2D eigenvalue weighted by Crippen LogP contribution is -2.49. The van der Waals surface area contributed by atoms with Crippen LogP contribution in [0.15, 0.2) is 18.2 Å². The highest BCUT2D eigenvalue weighted by Gasteiger charge is 2.21. The minimum Gasteiger partial charge on any atom is -0.383 e. The zero-order chi connectivity index (χ0) is 16.5. The Hall–Kier alpha value is -1.30. The number of hydrogen-bond donors (Lipinski definition) is 2. The topological polar surface area (TPSA) is 67.4 Å². The number of halogens is 2. The van der Waals surface area contributed by atoms with E-state index in [1.54, 1.807) is 25.3 Å². The maximum absolute atomic E-state index is 12.3. The lowest BCUT2D eigenvalue weighted by Gasteiger charge is -2.21. The lowest BCUT2D eigenvalue weighted by molar-refractivity contribution is -0.126. The average molecular weight is 347 g/mol. The fourth-order valence-electron chi connectivity index (χ4n) is 1.98. The molecule has 0 heterocycles. The molecule has 2 atom stereocenters. The van der Waals surface area contributed by atoms with Crippen molar-refractivity contribution in [3.05, 3.63) is 33.8 Å². The molecule has 2 amide bonds. The first-order chi connectivity index (χ1) is 10.5. The maximum Gasteiger partial charge on any atom is 0.243 e. The van der Waals surface area contributed by atoms with Crippen LogP contribution in [0.2, 0.25) is 10.0 Å². The molecule has 0 radical (unpaired) electrons. The van der Waals surface area contributed by atoms with Crippen molar-refractivity contribution in [3.8, 4) is 0 Å². The highest BCUT2D eigenvalue weighted by Crippen LogP contribution is 2.23.